The van der Waals surface area contributed by atoms with Gasteiger partial charge in [0.15, 0.2) is 5.72 Å². The molecule has 2 fully saturated rings. The van der Waals surface area contributed by atoms with Crippen LogP contribution >= 0.6 is 0 Å². The number of aliphatic hydroxyl groups excluding tert-OH is 1. The van der Waals surface area contributed by atoms with E-state index in [1.807, 2.05) is 11.1 Å². The normalized spacial score (nSPS) is 32.6. The van der Waals surface area contributed by atoms with Gasteiger partial charge in [-0.15, -0.1) is 5.06 Å². The fourth-order valence-corrected chi connectivity index (χ4v) is 3.05. The van der Waals surface area contributed by atoms with Crippen molar-refractivity contribution in [1.82, 2.24) is 5.06 Å². The van der Waals surface area contributed by atoms with Crippen LogP contribution in [0.25, 0.3) is 0 Å². The lowest BCUT2D eigenvalue weighted by molar-refractivity contribution is 0.105. The van der Waals surface area contributed by atoms with Crippen molar-refractivity contribution >= 4 is 0 Å². The van der Waals surface area contributed by atoms with Crippen molar-refractivity contribution in [3.8, 4) is 0 Å². The molecule has 3 heteroatoms. The highest BCUT2D eigenvalue weighted by atomic mass is 16.9. The minimum Gasteiger partial charge on any atom is -0.393 e. The zero-order chi connectivity index (χ0) is 13.5. The zero-order valence-corrected chi connectivity index (χ0v) is 11.6. The molecule has 2 saturated heterocycles. The maximum atomic E-state index is 9.94. The Kier molecular flexibility index (Phi) is 3.21. The summed E-state index contributed by atoms with van der Waals surface area (Å²) in [5.74, 6) is 0. The third-order valence-electron chi connectivity index (χ3n) is 4.11. The molecular weight excluding hydrogens is 238 g/mol. The standard InChI is InChI=1S/C16H21NO2/c1-12(2)15(10-13-6-4-3-5-7-13)16-11-14(18)8-9-17(16)19-16/h3-7,14,18H,8-11H2,1-2H3. The molecule has 0 aromatic heterocycles. The van der Waals surface area contributed by atoms with E-state index >= 15 is 0 Å². The monoisotopic (exact) mass is 259 g/mol. The van der Waals surface area contributed by atoms with Crippen LogP contribution in [0.5, 0.6) is 0 Å². The number of aliphatic hydroxyl groups is 1. The van der Waals surface area contributed by atoms with E-state index in [4.69, 9.17) is 4.84 Å². The number of hydroxylamine groups is 2. The fourth-order valence-electron chi connectivity index (χ4n) is 3.05. The van der Waals surface area contributed by atoms with Gasteiger partial charge in [0.2, 0.25) is 0 Å². The number of rotatable bonds is 3. The van der Waals surface area contributed by atoms with Crippen LogP contribution in [0.3, 0.4) is 0 Å². The second kappa shape index (κ2) is 4.75. The average molecular weight is 259 g/mol. The maximum Gasteiger partial charge on any atom is 0.189 e. The van der Waals surface area contributed by atoms with Gasteiger partial charge in [0.25, 0.3) is 0 Å². The van der Waals surface area contributed by atoms with E-state index in [0.29, 0.717) is 6.42 Å². The SMILES string of the molecule is CC(C)=C(Cc1ccccc1)C12CC(O)CCN1O2. The van der Waals surface area contributed by atoms with Crippen molar-refractivity contribution in [2.75, 3.05) is 6.54 Å². The van der Waals surface area contributed by atoms with Crippen molar-refractivity contribution in [3.63, 3.8) is 0 Å². The van der Waals surface area contributed by atoms with Gasteiger partial charge in [-0.1, -0.05) is 35.9 Å². The molecule has 2 heterocycles. The van der Waals surface area contributed by atoms with Crippen LogP contribution in [-0.4, -0.2) is 28.5 Å². The van der Waals surface area contributed by atoms with Gasteiger partial charge >= 0.3 is 0 Å². The van der Waals surface area contributed by atoms with Gasteiger partial charge in [-0.25, -0.2) is 0 Å². The molecule has 1 aromatic rings. The Morgan fingerprint density at radius 3 is 2.79 bits per heavy atom. The van der Waals surface area contributed by atoms with Gasteiger partial charge in [0.05, 0.1) is 6.10 Å². The van der Waals surface area contributed by atoms with Crippen LogP contribution in [-0.2, 0) is 11.3 Å². The summed E-state index contributed by atoms with van der Waals surface area (Å²) in [5.41, 5.74) is 3.56. The Balaban J connectivity index is 1.86. The molecule has 3 rings (SSSR count). The molecule has 102 valence electrons. The summed E-state index contributed by atoms with van der Waals surface area (Å²) < 4.78 is 0. The minimum atomic E-state index is -0.327. The van der Waals surface area contributed by atoms with Gasteiger partial charge in [0.1, 0.15) is 0 Å². The highest BCUT2D eigenvalue weighted by Gasteiger charge is 2.60. The summed E-state index contributed by atoms with van der Waals surface area (Å²) in [5, 5.41) is 12.0. The second-order valence-electron chi connectivity index (χ2n) is 5.77. The number of benzene rings is 1. The summed E-state index contributed by atoms with van der Waals surface area (Å²) in [4.78, 5) is 5.85. The second-order valence-corrected chi connectivity index (χ2v) is 5.77. The first kappa shape index (κ1) is 12.9. The molecule has 1 N–H and O–H groups in total. The molecule has 3 atom stereocenters. The summed E-state index contributed by atoms with van der Waals surface area (Å²) in [6, 6.07) is 10.5. The number of nitrogens with zero attached hydrogens (tertiary/aromatic N) is 1. The van der Waals surface area contributed by atoms with E-state index in [2.05, 4.69) is 38.1 Å². The quantitative estimate of drug-likeness (QED) is 0.669. The van der Waals surface area contributed by atoms with Crippen LogP contribution in [0.2, 0.25) is 0 Å². The maximum absolute atomic E-state index is 9.94. The third kappa shape index (κ3) is 2.34. The molecule has 0 radical (unpaired) electrons. The van der Waals surface area contributed by atoms with Crippen LogP contribution in [0.1, 0.15) is 32.3 Å². The van der Waals surface area contributed by atoms with Gasteiger partial charge < -0.3 is 5.11 Å². The summed E-state index contributed by atoms with van der Waals surface area (Å²) in [6.07, 6.45) is 2.15. The molecule has 0 aliphatic carbocycles. The Bertz CT molecular complexity index is 493. The molecule has 3 unspecified atom stereocenters. The zero-order valence-electron chi connectivity index (χ0n) is 11.6. The topological polar surface area (TPSA) is 35.8 Å². The first-order chi connectivity index (χ1) is 9.12. The predicted octanol–water partition coefficient (Wildman–Crippen LogP) is 2.66. The number of hydrogen-bond donors (Lipinski definition) is 1. The van der Waals surface area contributed by atoms with E-state index in [-0.39, 0.29) is 11.8 Å². The molecule has 0 amide bonds. The van der Waals surface area contributed by atoms with E-state index in [9.17, 15) is 5.11 Å². The number of piperidine rings is 1. The number of fused-ring (bicyclic) bond motifs is 1. The lowest BCUT2D eigenvalue weighted by Gasteiger charge is -2.25. The highest BCUT2D eigenvalue weighted by Crippen LogP contribution is 2.50. The van der Waals surface area contributed by atoms with Crippen LogP contribution < -0.4 is 0 Å². The molecule has 3 nitrogen and oxygen atoms in total. The van der Waals surface area contributed by atoms with E-state index < -0.39 is 0 Å². The summed E-state index contributed by atoms with van der Waals surface area (Å²) in [7, 11) is 0. The Hall–Kier alpha value is -1.16. The van der Waals surface area contributed by atoms with Crippen LogP contribution in [0, 0.1) is 0 Å². The lowest BCUT2D eigenvalue weighted by atomic mass is 9.87. The van der Waals surface area contributed by atoms with Crippen molar-refractivity contribution in [3.05, 3.63) is 47.0 Å². The summed E-state index contributed by atoms with van der Waals surface area (Å²) >= 11 is 0. The number of allylic oxidation sites excluding steroid dienone is 1. The van der Waals surface area contributed by atoms with Gasteiger partial charge in [0, 0.05) is 13.0 Å². The van der Waals surface area contributed by atoms with Crippen molar-refractivity contribution in [1.29, 1.82) is 0 Å². The third-order valence-corrected chi connectivity index (χ3v) is 4.11. The largest absolute Gasteiger partial charge is 0.393 e. The molecule has 2 aliphatic rings. The average Bonchev–Trinajstić information content (AvgIpc) is 3.11. The van der Waals surface area contributed by atoms with Crippen molar-refractivity contribution < 1.29 is 9.94 Å². The Labute approximate surface area is 114 Å². The first-order valence-corrected chi connectivity index (χ1v) is 6.97. The molecule has 0 bridgehead atoms. The lowest BCUT2D eigenvalue weighted by Crippen LogP contribution is -2.35. The highest BCUT2D eigenvalue weighted by molar-refractivity contribution is 5.32. The van der Waals surface area contributed by atoms with E-state index in [1.54, 1.807) is 0 Å². The van der Waals surface area contributed by atoms with Crippen molar-refractivity contribution in [2.24, 2.45) is 0 Å². The molecular formula is C16H21NO2. The van der Waals surface area contributed by atoms with Gasteiger partial charge in [-0.2, -0.15) is 0 Å². The molecule has 19 heavy (non-hydrogen) atoms. The molecule has 0 saturated carbocycles. The van der Waals surface area contributed by atoms with Gasteiger partial charge in [-0.05, 0) is 37.8 Å². The smallest absolute Gasteiger partial charge is 0.189 e. The minimum absolute atomic E-state index is 0.246. The molecule has 0 spiro atoms. The Morgan fingerprint density at radius 2 is 2.11 bits per heavy atom. The molecule has 1 aromatic carbocycles. The molecule has 2 aliphatic heterocycles. The summed E-state index contributed by atoms with van der Waals surface area (Å²) in [6.45, 7) is 5.09. The van der Waals surface area contributed by atoms with Gasteiger partial charge in [-0.3, -0.25) is 4.84 Å². The van der Waals surface area contributed by atoms with Crippen LogP contribution in [0.4, 0.5) is 0 Å². The van der Waals surface area contributed by atoms with E-state index in [1.165, 1.54) is 16.7 Å². The first-order valence-electron chi connectivity index (χ1n) is 6.97. The fraction of sp³-hybridized carbons (Fsp3) is 0.500. The van der Waals surface area contributed by atoms with Crippen LogP contribution in [0.15, 0.2) is 41.5 Å². The Morgan fingerprint density at radius 1 is 1.37 bits per heavy atom. The number of hydrogen-bond acceptors (Lipinski definition) is 3. The predicted molar refractivity (Wildman–Crippen MR) is 74.3 cm³/mol. The van der Waals surface area contributed by atoms with E-state index in [0.717, 1.165) is 19.4 Å². The van der Waals surface area contributed by atoms with Crippen molar-refractivity contribution in [2.45, 2.75) is 44.9 Å².